The van der Waals surface area contributed by atoms with Crippen molar-refractivity contribution in [3.05, 3.63) is 11.6 Å². The van der Waals surface area contributed by atoms with Crippen molar-refractivity contribution in [2.75, 3.05) is 6.54 Å². The molecule has 1 unspecified atom stereocenters. The molecule has 0 amide bonds. The van der Waals surface area contributed by atoms with Crippen molar-refractivity contribution in [2.45, 2.75) is 38.6 Å². The summed E-state index contributed by atoms with van der Waals surface area (Å²) in [5, 5.41) is 8.38. The Hall–Kier alpha value is -0.900. The van der Waals surface area contributed by atoms with Gasteiger partial charge in [0.2, 0.25) is 0 Å². The van der Waals surface area contributed by atoms with Crippen molar-refractivity contribution < 1.29 is 0 Å². The number of rotatable bonds is 2. The Labute approximate surface area is 78.1 Å². The zero-order chi connectivity index (χ0) is 9.26. The van der Waals surface area contributed by atoms with E-state index in [9.17, 15) is 0 Å². The SMILES string of the molecule is CCc1nnc2n1CCCC2CN. The van der Waals surface area contributed by atoms with Crippen LogP contribution in [-0.2, 0) is 13.0 Å². The van der Waals surface area contributed by atoms with E-state index in [2.05, 4.69) is 21.7 Å². The van der Waals surface area contributed by atoms with Crippen LogP contribution >= 0.6 is 0 Å². The number of aryl methyl sites for hydroxylation is 1. The molecule has 0 saturated heterocycles. The molecule has 13 heavy (non-hydrogen) atoms. The maximum absolute atomic E-state index is 5.69. The topological polar surface area (TPSA) is 56.7 Å². The molecule has 0 aliphatic carbocycles. The van der Waals surface area contributed by atoms with Crippen molar-refractivity contribution in [3.63, 3.8) is 0 Å². The zero-order valence-corrected chi connectivity index (χ0v) is 8.03. The predicted molar refractivity (Wildman–Crippen MR) is 50.4 cm³/mol. The Bertz CT molecular complexity index is 292. The molecule has 0 bridgehead atoms. The quantitative estimate of drug-likeness (QED) is 0.728. The van der Waals surface area contributed by atoms with E-state index in [-0.39, 0.29) is 0 Å². The summed E-state index contributed by atoms with van der Waals surface area (Å²) in [5.41, 5.74) is 5.69. The van der Waals surface area contributed by atoms with Gasteiger partial charge in [-0.3, -0.25) is 0 Å². The molecule has 2 N–H and O–H groups in total. The van der Waals surface area contributed by atoms with Gasteiger partial charge in [-0.2, -0.15) is 0 Å². The fraction of sp³-hybridized carbons (Fsp3) is 0.778. The van der Waals surface area contributed by atoms with Crippen molar-refractivity contribution in [1.82, 2.24) is 14.8 Å². The molecule has 0 fully saturated rings. The summed E-state index contributed by atoms with van der Waals surface area (Å²) in [5.74, 6) is 2.64. The molecule has 1 aliphatic heterocycles. The third kappa shape index (κ3) is 1.35. The summed E-state index contributed by atoms with van der Waals surface area (Å²) in [7, 11) is 0. The smallest absolute Gasteiger partial charge is 0.137 e. The van der Waals surface area contributed by atoms with Crippen LogP contribution in [0.3, 0.4) is 0 Å². The maximum atomic E-state index is 5.69. The van der Waals surface area contributed by atoms with Gasteiger partial charge in [0, 0.05) is 25.4 Å². The number of fused-ring (bicyclic) bond motifs is 1. The van der Waals surface area contributed by atoms with Gasteiger partial charge in [0.05, 0.1) is 0 Å². The van der Waals surface area contributed by atoms with E-state index in [4.69, 9.17) is 5.73 Å². The monoisotopic (exact) mass is 180 g/mol. The van der Waals surface area contributed by atoms with E-state index in [1.807, 2.05) is 0 Å². The molecule has 1 aliphatic rings. The van der Waals surface area contributed by atoms with E-state index < -0.39 is 0 Å². The average molecular weight is 180 g/mol. The lowest BCUT2D eigenvalue weighted by molar-refractivity contribution is 0.440. The van der Waals surface area contributed by atoms with Gasteiger partial charge in [0.15, 0.2) is 0 Å². The molecule has 2 rings (SSSR count). The number of aromatic nitrogens is 3. The molecule has 1 atom stereocenters. The first-order valence-corrected chi connectivity index (χ1v) is 4.98. The van der Waals surface area contributed by atoms with Crippen LogP contribution in [-0.4, -0.2) is 21.3 Å². The highest BCUT2D eigenvalue weighted by molar-refractivity contribution is 5.05. The molecular formula is C9H16N4. The predicted octanol–water partition coefficient (Wildman–Crippen LogP) is 0.677. The number of nitrogens with zero attached hydrogens (tertiary/aromatic N) is 3. The van der Waals surface area contributed by atoms with Crippen LogP contribution in [0.25, 0.3) is 0 Å². The van der Waals surface area contributed by atoms with Gasteiger partial charge in [-0.1, -0.05) is 6.92 Å². The Kier molecular flexibility index (Phi) is 2.31. The van der Waals surface area contributed by atoms with E-state index in [1.54, 1.807) is 0 Å². The Morgan fingerprint density at radius 3 is 3.08 bits per heavy atom. The van der Waals surface area contributed by atoms with Crippen molar-refractivity contribution >= 4 is 0 Å². The fourth-order valence-electron chi connectivity index (χ4n) is 2.00. The lowest BCUT2D eigenvalue weighted by Crippen LogP contribution is -2.23. The first kappa shape index (κ1) is 8.69. The van der Waals surface area contributed by atoms with Crippen LogP contribution in [0.2, 0.25) is 0 Å². The second-order valence-corrected chi connectivity index (χ2v) is 3.55. The Morgan fingerprint density at radius 2 is 2.38 bits per heavy atom. The Morgan fingerprint density at radius 1 is 1.54 bits per heavy atom. The molecular weight excluding hydrogens is 164 g/mol. The van der Waals surface area contributed by atoms with Crippen molar-refractivity contribution in [3.8, 4) is 0 Å². The first-order chi connectivity index (χ1) is 6.36. The average Bonchev–Trinajstić information content (AvgIpc) is 2.60. The lowest BCUT2D eigenvalue weighted by Gasteiger charge is -2.21. The van der Waals surface area contributed by atoms with Gasteiger partial charge < -0.3 is 10.3 Å². The van der Waals surface area contributed by atoms with Gasteiger partial charge in [-0.25, -0.2) is 0 Å². The number of nitrogens with two attached hydrogens (primary N) is 1. The van der Waals surface area contributed by atoms with Crippen LogP contribution < -0.4 is 5.73 Å². The number of hydrogen-bond acceptors (Lipinski definition) is 3. The number of hydrogen-bond donors (Lipinski definition) is 1. The lowest BCUT2D eigenvalue weighted by atomic mass is 9.99. The fourth-order valence-corrected chi connectivity index (χ4v) is 2.00. The normalized spacial score (nSPS) is 21.5. The van der Waals surface area contributed by atoms with E-state index in [0.717, 1.165) is 24.6 Å². The highest BCUT2D eigenvalue weighted by Gasteiger charge is 2.23. The highest BCUT2D eigenvalue weighted by atomic mass is 15.3. The van der Waals surface area contributed by atoms with E-state index in [0.29, 0.717) is 12.5 Å². The van der Waals surface area contributed by atoms with Gasteiger partial charge >= 0.3 is 0 Å². The summed E-state index contributed by atoms with van der Waals surface area (Å²) in [4.78, 5) is 0. The van der Waals surface area contributed by atoms with Crippen molar-refractivity contribution in [1.29, 1.82) is 0 Å². The molecule has 0 aromatic carbocycles. The van der Waals surface area contributed by atoms with Crippen LogP contribution in [0.4, 0.5) is 0 Å². The minimum atomic E-state index is 0.432. The summed E-state index contributed by atoms with van der Waals surface area (Å²) in [6.07, 6.45) is 3.34. The molecule has 0 saturated carbocycles. The van der Waals surface area contributed by atoms with Crippen LogP contribution in [0.15, 0.2) is 0 Å². The zero-order valence-electron chi connectivity index (χ0n) is 8.03. The summed E-state index contributed by atoms with van der Waals surface area (Å²) in [6, 6.07) is 0. The molecule has 1 aromatic rings. The second kappa shape index (κ2) is 3.46. The van der Waals surface area contributed by atoms with E-state index in [1.165, 1.54) is 12.8 Å². The highest BCUT2D eigenvalue weighted by Crippen LogP contribution is 2.25. The molecule has 4 nitrogen and oxygen atoms in total. The van der Waals surface area contributed by atoms with Gasteiger partial charge in [-0.05, 0) is 12.8 Å². The minimum absolute atomic E-state index is 0.432. The first-order valence-electron chi connectivity index (χ1n) is 4.98. The molecule has 0 radical (unpaired) electrons. The van der Waals surface area contributed by atoms with Gasteiger partial charge in [-0.15, -0.1) is 10.2 Å². The third-order valence-electron chi connectivity index (χ3n) is 2.76. The standard InChI is InChI=1S/C9H16N4/c1-2-8-11-12-9-7(6-10)4-3-5-13(8)9/h7H,2-6,10H2,1H3. The third-order valence-corrected chi connectivity index (χ3v) is 2.76. The van der Waals surface area contributed by atoms with E-state index >= 15 is 0 Å². The van der Waals surface area contributed by atoms with Crippen molar-refractivity contribution in [2.24, 2.45) is 5.73 Å². The maximum Gasteiger partial charge on any atom is 0.137 e. The van der Waals surface area contributed by atoms with Gasteiger partial charge in [0.1, 0.15) is 11.6 Å². The molecule has 1 aromatic heterocycles. The molecule has 4 heteroatoms. The molecule has 0 spiro atoms. The summed E-state index contributed by atoms with van der Waals surface area (Å²) in [6.45, 7) is 3.88. The second-order valence-electron chi connectivity index (χ2n) is 3.55. The van der Waals surface area contributed by atoms with Crippen LogP contribution in [0, 0.1) is 0 Å². The largest absolute Gasteiger partial charge is 0.330 e. The van der Waals surface area contributed by atoms with Crippen LogP contribution in [0.5, 0.6) is 0 Å². The Balaban J connectivity index is 2.36. The molecule has 2 heterocycles. The minimum Gasteiger partial charge on any atom is -0.330 e. The molecule has 72 valence electrons. The van der Waals surface area contributed by atoms with Crippen LogP contribution in [0.1, 0.15) is 37.3 Å². The van der Waals surface area contributed by atoms with Gasteiger partial charge in [0.25, 0.3) is 0 Å². The summed E-state index contributed by atoms with van der Waals surface area (Å²) < 4.78 is 2.24. The summed E-state index contributed by atoms with van der Waals surface area (Å²) >= 11 is 0.